The number of alkyl halides is 3. The van der Waals surface area contributed by atoms with Gasteiger partial charge in [-0.3, -0.25) is 9.69 Å². The molecule has 1 saturated heterocycles. The van der Waals surface area contributed by atoms with E-state index in [0.717, 1.165) is 55.9 Å². The van der Waals surface area contributed by atoms with Crippen molar-refractivity contribution < 1.29 is 22.7 Å². The SMILES string of the molecule is Cc1c(OCCCCNCCN(C)C)ccc(C(C)N2CCN(C(=O)c3ccc(C(F)(F)F)cc3)CC2)c1C. The fourth-order valence-electron chi connectivity index (χ4n) is 4.88. The molecule has 1 atom stereocenters. The lowest BCUT2D eigenvalue weighted by atomic mass is 9.96. The van der Waals surface area contributed by atoms with Crippen LogP contribution < -0.4 is 10.1 Å². The summed E-state index contributed by atoms with van der Waals surface area (Å²) in [5.74, 6) is 0.699. The molecule has 0 aliphatic carbocycles. The highest BCUT2D eigenvalue weighted by atomic mass is 19.4. The van der Waals surface area contributed by atoms with Crippen LogP contribution in [0.2, 0.25) is 0 Å². The van der Waals surface area contributed by atoms with Crippen LogP contribution in [0.5, 0.6) is 5.75 Å². The third-order valence-corrected chi connectivity index (χ3v) is 7.58. The molecule has 0 spiro atoms. The standard InChI is InChI=1S/C30H43F3N4O2/c1-22-23(2)28(39-21-7-6-14-34-15-16-35(4)5)13-12-27(22)24(3)36-17-19-37(20-18-36)29(38)25-8-10-26(11-9-25)30(31,32)33/h8-13,24,34H,6-7,14-21H2,1-5H3. The molecule has 3 rings (SSSR count). The Hall–Kier alpha value is -2.62. The summed E-state index contributed by atoms with van der Waals surface area (Å²) in [5.41, 5.74) is 3.15. The van der Waals surface area contributed by atoms with Gasteiger partial charge in [0.2, 0.25) is 0 Å². The van der Waals surface area contributed by atoms with E-state index in [1.54, 1.807) is 4.90 Å². The second kappa shape index (κ2) is 14.1. The average molecular weight is 549 g/mol. The Morgan fingerprint density at radius 1 is 0.974 bits per heavy atom. The normalized spacial score (nSPS) is 15.6. The molecule has 1 N–H and O–H groups in total. The molecule has 39 heavy (non-hydrogen) atoms. The molecule has 2 aromatic carbocycles. The molecule has 0 bridgehead atoms. The number of piperazine rings is 1. The van der Waals surface area contributed by atoms with Crippen LogP contribution >= 0.6 is 0 Å². The first-order valence-electron chi connectivity index (χ1n) is 13.8. The van der Waals surface area contributed by atoms with Gasteiger partial charge in [-0.1, -0.05) is 6.07 Å². The largest absolute Gasteiger partial charge is 0.493 e. The van der Waals surface area contributed by atoms with Crippen molar-refractivity contribution in [3.05, 3.63) is 64.2 Å². The summed E-state index contributed by atoms with van der Waals surface area (Å²) in [5, 5.41) is 3.45. The van der Waals surface area contributed by atoms with Crippen molar-refractivity contribution in [2.45, 2.75) is 45.8 Å². The predicted molar refractivity (Wildman–Crippen MR) is 149 cm³/mol. The van der Waals surface area contributed by atoms with Gasteiger partial charge in [0.1, 0.15) is 5.75 Å². The van der Waals surface area contributed by atoms with Crippen LogP contribution in [-0.2, 0) is 6.18 Å². The molecule has 1 aliphatic heterocycles. The molecule has 1 fully saturated rings. The lowest BCUT2D eigenvalue weighted by Crippen LogP contribution is -2.49. The number of nitrogens with zero attached hydrogens (tertiary/aromatic N) is 3. The lowest BCUT2D eigenvalue weighted by Gasteiger charge is -2.39. The molecule has 1 amide bonds. The molecular formula is C30H43F3N4O2. The number of rotatable bonds is 12. The van der Waals surface area contributed by atoms with Gasteiger partial charge in [-0.2, -0.15) is 13.2 Å². The van der Waals surface area contributed by atoms with Gasteiger partial charge in [0.25, 0.3) is 5.91 Å². The maximum atomic E-state index is 12.8. The summed E-state index contributed by atoms with van der Waals surface area (Å²) in [6.07, 6.45) is -2.33. The van der Waals surface area contributed by atoms with E-state index < -0.39 is 11.7 Å². The fraction of sp³-hybridized carbons (Fsp3) is 0.567. The summed E-state index contributed by atoms with van der Waals surface area (Å²) >= 11 is 0. The van der Waals surface area contributed by atoms with E-state index in [1.807, 2.05) is 0 Å². The van der Waals surface area contributed by atoms with Crippen LogP contribution in [0.1, 0.15) is 58.4 Å². The zero-order chi connectivity index (χ0) is 28.6. The first kappa shape index (κ1) is 30.9. The molecule has 6 nitrogen and oxygen atoms in total. The molecule has 9 heteroatoms. The van der Waals surface area contributed by atoms with E-state index in [9.17, 15) is 18.0 Å². The van der Waals surface area contributed by atoms with Gasteiger partial charge in [-0.05, 0) is 101 Å². The molecule has 0 aromatic heterocycles. The Balaban J connectivity index is 1.48. The fourth-order valence-corrected chi connectivity index (χ4v) is 4.88. The van der Waals surface area contributed by atoms with Crippen molar-refractivity contribution in [3.8, 4) is 5.75 Å². The molecule has 1 heterocycles. The predicted octanol–water partition coefficient (Wildman–Crippen LogP) is 5.15. The van der Waals surface area contributed by atoms with Gasteiger partial charge in [0.15, 0.2) is 0 Å². The minimum absolute atomic E-state index is 0.175. The van der Waals surface area contributed by atoms with Crippen molar-refractivity contribution in [1.29, 1.82) is 0 Å². The quantitative estimate of drug-likeness (QED) is 0.372. The first-order chi connectivity index (χ1) is 18.5. The molecule has 1 aliphatic rings. The molecule has 0 saturated carbocycles. The second-order valence-corrected chi connectivity index (χ2v) is 10.6. The van der Waals surface area contributed by atoms with Crippen molar-refractivity contribution in [2.75, 3.05) is 66.5 Å². The number of hydrogen-bond acceptors (Lipinski definition) is 5. The van der Waals surface area contributed by atoms with Crippen molar-refractivity contribution in [2.24, 2.45) is 0 Å². The van der Waals surface area contributed by atoms with Crippen LogP contribution in [0.15, 0.2) is 36.4 Å². The van der Waals surface area contributed by atoms with Gasteiger partial charge in [0, 0.05) is 50.9 Å². The average Bonchev–Trinajstić information content (AvgIpc) is 2.91. The highest BCUT2D eigenvalue weighted by Gasteiger charge is 2.31. The Bertz CT molecular complexity index is 1070. The van der Waals surface area contributed by atoms with E-state index in [2.05, 4.69) is 62.1 Å². The summed E-state index contributed by atoms with van der Waals surface area (Å²) in [7, 11) is 4.15. The van der Waals surface area contributed by atoms with Crippen LogP contribution in [0, 0.1) is 13.8 Å². The van der Waals surface area contributed by atoms with E-state index in [0.29, 0.717) is 32.8 Å². The van der Waals surface area contributed by atoms with Crippen LogP contribution in [0.4, 0.5) is 13.2 Å². The van der Waals surface area contributed by atoms with Gasteiger partial charge in [-0.15, -0.1) is 0 Å². The van der Waals surface area contributed by atoms with E-state index in [4.69, 9.17) is 4.74 Å². The van der Waals surface area contributed by atoms with Gasteiger partial charge < -0.3 is 19.9 Å². The number of nitrogens with one attached hydrogen (secondary N) is 1. The zero-order valence-electron chi connectivity index (χ0n) is 23.9. The molecular weight excluding hydrogens is 505 g/mol. The van der Waals surface area contributed by atoms with Gasteiger partial charge >= 0.3 is 6.18 Å². The third-order valence-electron chi connectivity index (χ3n) is 7.58. The number of unbranched alkanes of at least 4 members (excludes halogenated alkanes) is 1. The lowest BCUT2D eigenvalue weighted by molar-refractivity contribution is -0.137. The van der Waals surface area contributed by atoms with Crippen molar-refractivity contribution in [3.63, 3.8) is 0 Å². The first-order valence-corrected chi connectivity index (χ1v) is 13.8. The number of halogens is 3. The smallest absolute Gasteiger partial charge is 0.416 e. The van der Waals surface area contributed by atoms with E-state index in [-0.39, 0.29) is 17.5 Å². The Labute approximate surface area is 231 Å². The van der Waals surface area contributed by atoms with Gasteiger partial charge in [0.05, 0.1) is 12.2 Å². The Kier molecular flexibility index (Phi) is 11.2. The number of hydrogen-bond donors (Lipinski definition) is 1. The minimum Gasteiger partial charge on any atom is -0.493 e. The highest BCUT2D eigenvalue weighted by Crippen LogP contribution is 2.32. The van der Waals surface area contributed by atoms with Crippen LogP contribution in [0.3, 0.4) is 0 Å². The minimum atomic E-state index is -4.41. The summed E-state index contributed by atoms with van der Waals surface area (Å²) in [6, 6.07) is 8.84. The third kappa shape index (κ3) is 8.68. The number of benzene rings is 2. The number of carbonyl (C=O) groups is 1. The highest BCUT2D eigenvalue weighted by molar-refractivity contribution is 5.94. The Morgan fingerprint density at radius 3 is 2.26 bits per heavy atom. The molecule has 0 radical (unpaired) electrons. The zero-order valence-corrected chi connectivity index (χ0v) is 23.9. The van der Waals surface area contributed by atoms with Gasteiger partial charge in [-0.25, -0.2) is 0 Å². The molecule has 2 aromatic rings. The number of amides is 1. The monoisotopic (exact) mass is 548 g/mol. The summed E-state index contributed by atoms with van der Waals surface area (Å²) < 4.78 is 44.6. The van der Waals surface area contributed by atoms with Crippen molar-refractivity contribution in [1.82, 2.24) is 20.0 Å². The van der Waals surface area contributed by atoms with Crippen LogP contribution in [-0.4, -0.2) is 87.1 Å². The number of likely N-dealkylation sites (N-methyl/N-ethyl adjacent to an activating group) is 1. The number of ether oxygens (including phenoxy) is 1. The van der Waals surface area contributed by atoms with Crippen LogP contribution in [0.25, 0.3) is 0 Å². The molecule has 216 valence electrons. The van der Waals surface area contributed by atoms with E-state index in [1.165, 1.54) is 23.3 Å². The Morgan fingerprint density at radius 2 is 1.64 bits per heavy atom. The summed E-state index contributed by atoms with van der Waals surface area (Å²) in [6.45, 7) is 12.6. The molecule has 1 unspecified atom stereocenters. The second-order valence-electron chi connectivity index (χ2n) is 10.6. The van der Waals surface area contributed by atoms with Crippen molar-refractivity contribution >= 4 is 5.91 Å². The van der Waals surface area contributed by atoms with E-state index >= 15 is 0 Å². The summed E-state index contributed by atoms with van der Waals surface area (Å²) in [4.78, 5) is 19.1. The number of carbonyl (C=O) groups excluding carboxylic acids is 1. The maximum absolute atomic E-state index is 12.8. The maximum Gasteiger partial charge on any atom is 0.416 e. The topological polar surface area (TPSA) is 48.1 Å².